The van der Waals surface area contributed by atoms with E-state index in [0.717, 1.165) is 17.3 Å². The van der Waals surface area contributed by atoms with Gasteiger partial charge >= 0.3 is 6.03 Å². The summed E-state index contributed by atoms with van der Waals surface area (Å²) in [7, 11) is 0. The van der Waals surface area contributed by atoms with E-state index in [1.54, 1.807) is 25.1 Å². The molecule has 1 aromatic carbocycles. The molecule has 11 heteroatoms. The molecule has 0 aliphatic carbocycles. The summed E-state index contributed by atoms with van der Waals surface area (Å²) in [6, 6.07) is 4.54. The van der Waals surface area contributed by atoms with Crippen molar-refractivity contribution in [2.45, 2.75) is 38.0 Å². The molecule has 0 saturated carbocycles. The van der Waals surface area contributed by atoms with E-state index < -0.39 is 6.03 Å². The van der Waals surface area contributed by atoms with Gasteiger partial charge in [-0.05, 0) is 38.0 Å². The third-order valence-corrected chi connectivity index (χ3v) is 5.75. The van der Waals surface area contributed by atoms with Crippen LogP contribution >= 0.6 is 23.4 Å². The van der Waals surface area contributed by atoms with Gasteiger partial charge in [0.2, 0.25) is 17.7 Å². The van der Waals surface area contributed by atoms with Gasteiger partial charge in [-0.25, -0.2) is 4.79 Å². The number of hydrogen-bond acceptors (Lipinski definition) is 7. The summed E-state index contributed by atoms with van der Waals surface area (Å²) in [5.74, 6) is -0.438. The lowest BCUT2D eigenvalue weighted by Crippen LogP contribution is -2.57. The lowest BCUT2D eigenvalue weighted by Gasteiger charge is -2.28. The summed E-state index contributed by atoms with van der Waals surface area (Å²) in [5, 5.41) is 16.4. The van der Waals surface area contributed by atoms with Crippen LogP contribution in [0.15, 0.2) is 27.8 Å². The Hall–Kier alpha value is -2.59. The fourth-order valence-corrected chi connectivity index (χ4v) is 3.64. The number of nitrogens with one attached hydrogen (secondary N) is 3. The number of benzene rings is 1. The molecular formula is C18H20ClN5O4S. The molecule has 2 unspecified atom stereocenters. The minimum atomic E-state index is -0.485. The molecule has 1 aromatic heterocycles. The first-order valence-corrected chi connectivity index (χ1v) is 10.3. The van der Waals surface area contributed by atoms with Crippen LogP contribution in [0.5, 0.6) is 0 Å². The molecule has 3 N–H and O–H groups in total. The number of carbonyl (C=O) groups excluding carboxylic acids is 3. The van der Waals surface area contributed by atoms with Gasteiger partial charge < -0.3 is 15.1 Å². The van der Waals surface area contributed by atoms with E-state index in [1.165, 1.54) is 0 Å². The van der Waals surface area contributed by atoms with E-state index >= 15 is 0 Å². The zero-order valence-corrected chi connectivity index (χ0v) is 17.4. The molecular weight excluding hydrogens is 418 g/mol. The molecule has 29 heavy (non-hydrogen) atoms. The highest BCUT2D eigenvalue weighted by Crippen LogP contribution is 2.24. The third-order valence-electron chi connectivity index (χ3n) is 4.52. The molecule has 1 fully saturated rings. The van der Waals surface area contributed by atoms with E-state index in [-0.39, 0.29) is 34.7 Å². The van der Waals surface area contributed by atoms with Gasteiger partial charge in [0, 0.05) is 23.2 Å². The van der Waals surface area contributed by atoms with Crippen molar-refractivity contribution in [3.8, 4) is 0 Å². The standard InChI is InChI=1S/C18H20ClN5O4S/c1-9-12(19)4-3-5-13(9)21-14(25)8-29-18-24-23-15(28-18)7-6-11-10(2)20-17(27)22-16(11)26/h3-5,10-11H,6-8H2,1-2H3,(H,21,25)(H2,20,22,26,27). The molecule has 2 heterocycles. The van der Waals surface area contributed by atoms with E-state index in [1.807, 2.05) is 6.92 Å². The Morgan fingerprint density at radius 3 is 2.90 bits per heavy atom. The van der Waals surface area contributed by atoms with Gasteiger partial charge in [0.15, 0.2) is 0 Å². The van der Waals surface area contributed by atoms with Gasteiger partial charge in [0.05, 0.1) is 11.7 Å². The number of aryl methyl sites for hydroxylation is 1. The van der Waals surface area contributed by atoms with E-state index in [4.69, 9.17) is 16.0 Å². The number of thioether (sulfide) groups is 1. The summed E-state index contributed by atoms with van der Waals surface area (Å²) >= 11 is 7.17. The second-order valence-corrected chi connectivity index (χ2v) is 7.94. The summed E-state index contributed by atoms with van der Waals surface area (Å²) in [5.41, 5.74) is 1.45. The first kappa shape index (κ1) is 21.1. The van der Waals surface area contributed by atoms with Crippen LogP contribution in [0.3, 0.4) is 0 Å². The van der Waals surface area contributed by atoms with Crippen LogP contribution in [0.25, 0.3) is 0 Å². The summed E-state index contributed by atoms with van der Waals surface area (Å²) in [4.78, 5) is 35.3. The molecule has 3 rings (SSSR count). The van der Waals surface area contributed by atoms with Gasteiger partial charge in [-0.3, -0.25) is 14.9 Å². The molecule has 2 atom stereocenters. The van der Waals surface area contributed by atoms with Crippen molar-refractivity contribution in [3.63, 3.8) is 0 Å². The normalized spacial score (nSPS) is 18.9. The first-order valence-electron chi connectivity index (χ1n) is 8.95. The SMILES string of the molecule is Cc1c(Cl)cccc1NC(=O)CSc1nnc(CCC2C(=O)NC(=O)NC2C)o1. The Morgan fingerprint density at radius 2 is 2.14 bits per heavy atom. The maximum Gasteiger partial charge on any atom is 0.321 e. The number of nitrogens with zero attached hydrogens (tertiary/aromatic N) is 2. The lowest BCUT2D eigenvalue weighted by molar-refractivity contribution is -0.125. The Bertz CT molecular complexity index is 935. The van der Waals surface area contributed by atoms with Crippen LogP contribution < -0.4 is 16.0 Å². The number of urea groups is 1. The molecule has 154 valence electrons. The lowest BCUT2D eigenvalue weighted by atomic mass is 9.93. The third kappa shape index (κ3) is 5.48. The molecule has 1 aliphatic rings. The Labute approximate surface area is 176 Å². The summed E-state index contributed by atoms with van der Waals surface area (Å²) in [6.07, 6.45) is 0.841. The van der Waals surface area contributed by atoms with Crippen LogP contribution in [0.2, 0.25) is 5.02 Å². The van der Waals surface area contributed by atoms with Crippen molar-refractivity contribution >= 4 is 46.9 Å². The molecule has 1 saturated heterocycles. The number of imide groups is 1. The smallest absolute Gasteiger partial charge is 0.321 e. The fourth-order valence-electron chi connectivity index (χ4n) is 2.89. The highest BCUT2D eigenvalue weighted by atomic mass is 35.5. The maximum atomic E-state index is 12.1. The highest BCUT2D eigenvalue weighted by molar-refractivity contribution is 7.99. The van der Waals surface area contributed by atoms with Crippen LogP contribution in [-0.4, -0.2) is 39.8 Å². The van der Waals surface area contributed by atoms with Crippen molar-refractivity contribution in [2.24, 2.45) is 5.92 Å². The van der Waals surface area contributed by atoms with Gasteiger partial charge in [-0.2, -0.15) is 0 Å². The van der Waals surface area contributed by atoms with Crippen LogP contribution in [0.1, 0.15) is 24.8 Å². The molecule has 0 radical (unpaired) electrons. The maximum absolute atomic E-state index is 12.1. The van der Waals surface area contributed by atoms with Crippen molar-refractivity contribution in [1.29, 1.82) is 0 Å². The van der Waals surface area contributed by atoms with Crippen molar-refractivity contribution in [3.05, 3.63) is 34.7 Å². The number of carbonyl (C=O) groups is 3. The number of anilines is 1. The van der Waals surface area contributed by atoms with Crippen molar-refractivity contribution < 1.29 is 18.8 Å². The first-order chi connectivity index (χ1) is 13.8. The van der Waals surface area contributed by atoms with Gasteiger partial charge in [-0.1, -0.05) is 29.4 Å². The predicted octanol–water partition coefficient (Wildman–Crippen LogP) is 2.54. The zero-order chi connectivity index (χ0) is 21.0. The molecule has 4 amide bonds. The summed E-state index contributed by atoms with van der Waals surface area (Å²) in [6.45, 7) is 3.60. The van der Waals surface area contributed by atoms with Crippen LogP contribution in [0, 0.1) is 12.8 Å². The Kier molecular flexibility index (Phi) is 6.75. The van der Waals surface area contributed by atoms with E-state index in [9.17, 15) is 14.4 Å². The average molecular weight is 438 g/mol. The minimum absolute atomic E-state index is 0.0989. The van der Waals surface area contributed by atoms with Crippen molar-refractivity contribution in [1.82, 2.24) is 20.8 Å². The number of amides is 4. The number of rotatable bonds is 7. The monoisotopic (exact) mass is 437 g/mol. The van der Waals surface area contributed by atoms with Crippen molar-refractivity contribution in [2.75, 3.05) is 11.1 Å². The molecule has 2 aromatic rings. The minimum Gasteiger partial charge on any atom is -0.416 e. The van der Waals surface area contributed by atoms with E-state index in [0.29, 0.717) is 29.4 Å². The van der Waals surface area contributed by atoms with Crippen LogP contribution in [0.4, 0.5) is 10.5 Å². The number of halogens is 1. The summed E-state index contributed by atoms with van der Waals surface area (Å²) < 4.78 is 5.53. The number of aromatic nitrogens is 2. The second kappa shape index (κ2) is 9.27. The molecule has 1 aliphatic heterocycles. The topological polar surface area (TPSA) is 126 Å². The second-order valence-electron chi connectivity index (χ2n) is 6.61. The van der Waals surface area contributed by atoms with Crippen LogP contribution in [-0.2, 0) is 16.0 Å². The largest absolute Gasteiger partial charge is 0.416 e. The quantitative estimate of drug-likeness (QED) is 0.568. The fraction of sp³-hybridized carbons (Fsp3) is 0.389. The Morgan fingerprint density at radius 1 is 1.34 bits per heavy atom. The van der Waals surface area contributed by atoms with Gasteiger partial charge in [0.1, 0.15) is 0 Å². The van der Waals surface area contributed by atoms with E-state index in [2.05, 4.69) is 26.1 Å². The molecule has 0 spiro atoms. The molecule has 0 bridgehead atoms. The van der Waals surface area contributed by atoms with Gasteiger partial charge in [-0.15, -0.1) is 10.2 Å². The molecule has 9 nitrogen and oxygen atoms in total. The average Bonchev–Trinajstić information content (AvgIpc) is 3.11. The Balaban J connectivity index is 1.47. The highest BCUT2D eigenvalue weighted by Gasteiger charge is 2.32. The van der Waals surface area contributed by atoms with Gasteiger partial charge in [0.25, 0.3) is 5.22 Å². The number of hydrogen-bond donors (Lipinski definition) is 3. The predicted molar refractivity (Wildman–Crippen MR) is 108 cm³/mol. The zero-order valence-electron chi connectivity index (χ0n) is 15.8.